The maximum atomic E-state index is 13.5. The Balaban J connectivity index is 1.71. The minimum atomic E-state index is -0.501. The molecule has 0 aliphatic rings. The lowest BCUT2D eigenvalue weighted by atomic mass is 10.1. The molecule has 0 spiro atoms. The Morgan fingerprint density at radius 1 is 0.500 bits per heavy atom. The Kier molecular flexibility index (Phi) is 21.9. The van der Waals surface area contributed by atoms with Crippen LogP contribution in [0.25, 0.3) is 0 Å². The van der Waals surface area contributed by atoms with Crippen LogP contribution in [0.2, 0.25) is 0 Å². The number of nitrogens with zero attached hydrogens (tertiary/aromatic N) is 2. The first kappa shape index (κ1) is 43.8. The van der Waals surface area contributed by atoms with Crippen molar-refractivity contribution in [1.29, 1.82) is 0 Å². The lowest BCUT2D eigenvalue weighted by Crippen LogP contribution is -2.41. The molecule has 0 radical (unpaired) electrons. The molecule has 0 saturated heterocycles. The van der Waals surface area contributed by atoms with Crippen LogP contribution in [0.5, 0.6) is 23.0 Å². The van der Waals surface area contributed by atoms with Crippen molar-refractivity contribution in [3.05, 3.63) is 71.8 Å². The second kappa shape index (κ2) is 27.1. The maximum Gasteiger partial charge on any atom is 0.269 e. The predicted octanol–water partition coefficient (Wildman–Crippen LogP) is 12.1. The Morgan fingerprint density at radius 3 is 1.31 bits per heavy atom. The van der Waals surface area contributed by atoms with Crippen LogP contribution in [-0.4, -0.2) is 36.7 Å². The topological polar surface area (TPSA) is 131 Å². The van der Waals surface area contributed by atoms with E-state index in [1.807, 2.05) is 0 Å². The van der Waals surface area contributed by atoms with E-state index in [2.05, 4.69) is 41.9 Å². The third kappa shape index (κ3) is 17.5. The summed E-state index contributed by atoms with van der Waals surface area (Å²) in [5, 5.41) is 17.8. The molecule has 3 rings (SSSR count). The lowest BCUT2D eigenvalue weighted by Gasteiger charge is -2.19. The van der Waals surface area contributed by atoms with Crippen molar-refractivity contribution >= 4 is 23.2 Å². The molecule has 0 unspecified atom stereocenters. The van der Waals surface area contributed by atoms with Crippen LogP contribution in [0.15, 0.2) is 70.9 Å². The number of carbonyl (C=O) groups is 2. The molecule has 10 heteroatoms. The van der Waals surface area contributed by atoms with E-state index >= 15 is 0 Å². The van der Waals surface area contributed by atoms with Gasteiger partial charge in [-0.05, 0) is 79.9 Å². The molecule has 3 N–H and O–H groups in total. The number of rotatable bonds is 28. The average molecular weight is 745 g/mol. The van der Waals surface area contributed by atoms with E-state index in [4.69, 9.17) is 14.2 Å². The third-order valence-corrected chi connectivity index (χ3v) is 9.09. The van der Waals surface area contributed by atoms with Crippen molar-refractivity contribution in [2.45, 2.75) is 136 Å². The van der Waals surface area contributed by atoms with Gasteiger partial charge in [0.15, 0.2) is 11.5 Å². The van der Waals surface area contributed by atoms with E-state index in [-0.39, 0.29) is 5.75 Å². The molecule has 0 aliphatic heterocycles. The monoisotopic (exact) mass is 744 g/mol. The number of nitrogens with one attached hydrogen (secondary N) is 2. The van der Waals surface area contributed by atoms with Gasteiger partial charge in [-0.1, -0.05) is 117 Å². The molecule has 3 aromatic rings. The van der Waals surface area contributed by atoms with E-state index in [0.29, 0.717) is 59.6 Å². The van der Waals surface area contributed by atoms with Gasteiger partial charge in [0.2, 0.25) is 5.75 Å². The fraction of sp³-hybridized carbons (Fsp3) is 0.545. The van der Waals surface area contributed by atoms with Crippen molar-refractivity contribution in [3.63, 3.8) is 0 Å². The highest BCUT2D eigenvalue weighted by atomic mass is 16.5. The maximum absolute atomic E-state index is 13.5. The van der Waals surface area contributed by atoms with Crippen LogP contribution in [0.4, 0.5) is 11.4 Å². The van der Waals surface area contributed by atoms with Gasteiger partial charge < -0.3 is 19.3 Å². The molecule has 0 atom stereocenters. The minimum Gasteiger partial charge on any atom is -0.508 e. The minimum absolute atomic E-state index is 0.149. The second-order valence-corrected chi connectivity index (χ2v) is 13.8. The first-order valence-corrected chi connectivity index (χ1v) is 20.4. The van der Waals surface area contributed by atoms with Crippen molar-refractivity contribution in [2.75, 3.05) is 19.8 Å². The number of benzene rings is 3. The number of amides is 2. The molecule has 0 saturated carbocycles. The number of ether oxygens (including phenoxy) is 3. The van der Waals surface area contributed by atoms with E-state index in [1.54, 1.807) is 48.5 Å². The van der Waals surface area contributed by atoms with Gasteiger partial charge in [0, 0.05) is 11.1 Å². The highest BCUT2D eigenvalue weighted by Crippen LogP contribution is 2.40. The molecule has 0 aromatic heterocycles. The number of phenolic OH excluding ortho intramolecular Hbond substituents is 1. The molecular formula is C44H64N4O6. The summed E-state index contributed by atoms with van der Waals surface area (Å²) in [7, 11) is 0. The number of carbonyl (C=O) groups excluding carboxylic acids is 2. The highest BCUT2D eigenvalue weighted by Gasteiger charge is 2.20. The number of hydrogen-bond donors (Lipinski definition) is 3. The predicted molar refractivity (Wildman–Crippen MR) is 217 cm³/mol. The average Bonchev–Trinajstić information content (AvgIpc) is 3.19. The van der Waals surface area contributed by atoms with Crippen molar-refractivity contribution in [1.82, 2.24) is 10.9 Å². The SMILES string of the molecule is CCCCCCCCOc1cc(C(=O)NNC(=O)c2ccc(N=Nc3ccc(O)cc3)cc2)cc(OCCCCCCCC)c1OCCCCCCCC. The van der Waals surface area contributed by atoms with Crippen molar-refractivity contribution < 1.29 is 28.9 Å². The highest BCUT2D eigenvalue weighted by molar-refractivity contribution is 5.99. The number of unbranched alkanes of at least 4 members (excludes halogenated alkanes) is 15. The lowest BCUT2D eigenvalue weighted by molar-refractivity contribution is 0.0846. The second-order valence-electron chi connectivity index (χ2n) is 13.8. The number of aromatic hydroxyl groups is 1. The molecule has 54 heavy (non-hydrogen) atoms. The smallest absolute Gasteiger partial charge is 0.269 e. The Bertz CT molecular complexity index is 1470. The van der Waals surface area contributed by atoms with Crippen molar-refractivity contribution in [3.8, 4) is 23.0 Å². The van der Waals surface area contributed by atoms with Gasteiger partial charge in [-0.2, -0.15) is 10.2 Å². The normalized spacial score (nSPS) is 11.1. The Morgan fingerprint density at radius 2 is 0.870 bits per heavy atom. The van der Waals surface area contributed by atoms with Crippen LogP contribution in [-0.2, 0) is 0 Å². The molecule has 2 amide bonds. The molecule has 0 aliphatic carbocycles. The first-order chi connectivity index (χ1) is 26.4. The van der Waals surface area contributed by atoms with Crippen LogP contribution < -0.4 is 25.1 Å². The first-order valence-electron chi connectivity index (χ1n) is 20.4. The fourth-order valence-electron chi connectivity index (χ4n) is 5.82. The summed E-state index contributed by atoms with van der Waals surface area (Å²) in [6, 6.07) is 16.2. The number of azo groups is 1. The quantitative estimate of drug-likeness (QED) is 0.0385. The van der Waals surface area contributed by atoms with Gasteiger partial charge in [0.25, 0.3) is 11.8 Å². The van der Waals surface area contributed by atoms with E-state index in [1.165, 1.54) is 89.2 Å². The summed E-state index contributed by atoms with van der Waals surface area (Å²) in [6.45, 7) is 8.18. The number of hydrogen-bond acceptors (Lipinski definition) is 8. The largest absolute Gasteiger partial charge is 0.508 e. The van der Waals surface area contributed by atoms with E-state index in [0.717, 1.165) is 38.5 Å². The van der Waals surface area contributed by atoms with Gasteiger partial charge in [0.1, 0.15) is 5.75 Å². The summed E-state index contributed by atoms with van der Waals surface area (Å²) in [5.41, 5.74) is 6.83. The molecule has 0 bridgehead atoms. The summed E-state index contributed by atoms with van der Waals surface area (Å²) in [4.78, 5) is 26.5. The number of hydrazine groups is 1. The molecular weight excluding hydrogens is 681 g/mol. The van der Waals surface area contributed by atoms with E-state index in [9.17, 15) is 14.7 Å². The zero-order valence-electron chi connectivity index (χ0n) is 33.0. The van der Waals surface area contributed by atoms with Crippen LogP contribution in [0, 0.1) is 0 Å². The summed E-state index contributed by atoms with van der Waals surface area (Å²) >= 11 is 0. The van der Waals surface area contributed by atoms with Gasteiger partial charge in [-0.15, -0.1) is 0 Å². The zero-order chi connectivity index (χ0) is 38.6. The Labute approximate surface area is 323 Å². The van der Waals surface area contributed by atoms with Gasteiger partial charge in [-0.3, -0.25) is 20.4 Å². The molecule has 3 aromatic carbocycles. The summed E-state index contributed by atoms with van der Waals surface area (Å²) in [5.74, 6) is 0.647. The number of phenols is 1. The standard InChI is InChI=1S/C44H64N4O6/c1-4-7-10-13-16-19-30-52-40-33-36(34-41(53-31-20-17-14-11-8-5-2)42(40)54-32-21-18-15-12-9-6-3)44(51)48-47-43(50)35-22-24-37(25-23-35)45-46-38-26-28-39(49)29-27-38/h22-29,33-34,49H,4-21,30-32H2,1-3H3,(H,47,50)(H,48,51). The molecule has 0 heterocycles. The van der Waals surface area contributed by atoms with Gasteiger partial charge in [0.05, 0.1) is 31.2 Å². The third-order valence-electron chi connectivity index (χ3n) is 9.09. The van der Waals surface area contributed by atoms with Crippen LogP contribution in [0.3, 0.4) is 0 Å². The van der Waals surface area contributed by atoms with Crippen LogP contribution >= 0.6 is 0 Å². The molecule has 296 valence electrons. The van der Waals surface area contributed by atoms with Crippen LogP contribution in [0.1, 0.15) is 157 Å². The summed E-state index contributed by atoms with van der Waals surface area (Å²) < 4.78 is 19.0. The van der Waals surface area contributed by atoms with Gasteiger partial charge >= 0.3 is 0 Å². The Hall–Kier alpha value is -4.60. The zero-order valence-corrected chi connectivity index (χ0v) is 33.0. The molecule has 10 nitrogen and oxygen atoms in total. The van der Waals surface area contributed by atoms with Crippen molar-refractivity contribution in [2.24, 2.45) is 10.2 Å². The van der Waals surface area contributed by atoms with Gasteiger partial charge in [-0.25, -0.2) is 0 Å². The molecule has 0 fully saturated rings. The fourth-order valence-corrected chi connectivity index (χ4v) is 5.82. The van der Waals surface area contributed by atoms with E-state index < -0.39 is 11.8 Å². The summed E-state index contributed by atoms with van der Waals surface area (Å²) in [6.07, 6.45) is 20.5.